The number of hydrogen-bond acceptors (Lipinski definition) is 5. The molecule has 1 aliphatic carbocycles. The number of phenolic OH excluding ortho intramolecular Hbond substituents is 1. The van der Waals surface area contributed by atoms with Gasteiger partial charge in [0, 0.05) is 11.6 Å². The van der Waals surface area contributed by atoms with Gasteiger partial charge in [0.2, 0.25) is 0 Å². The molecule has 29 heavy (non-hydrogen) atoms. The highest BCUT2D eigenvalue weighted by Crippen LogP contribution is 2.40. The van der Waals surface area contributed by atoms with Gasteiger partial charge in [0.25, 0.3) is 5.91 Å². The van der Waals surface area contributed by atoms with Crippen LogP contribution >= 0.6 is 11.8 Å². The lowest BCUT2D eigenvalue weighted by Crippen LogP contribution is -2.40. The summed E-state index contributed by atoms with van der Waals surface area (Å²) in [6.07, 6.45) is 7.21. The van der Waals surface area contributed by atoms with Gasteiger partial charge >= 0.3 is 0 Å². The van der Waals surface area contributed by atoms with Crippen molar-refractivity contribution in [1.82, 2.24) is 4.90 Å². The topological polar surface area (TPSA) is 62.1 Å². The molecule has 6 heteroatoms. The van der Waals surface area contributed by atoms with Gasteiger partial charge in [0.05, 0.1) is 17.7 Å². The minimum atomic E-state index is -0.0428. The van der Waals surface area contributed by atoms with Crippen LogP contribution in [-0.2, 0) is 4.79 Å². The van der Waals surface area contributed by atoms with Crippen molar-refractivity contribution >= 4 is 34.6 Å². The van der Waals surface area contributed by atoms with Crippen molar-refractivity contribution in [2.75, 3.05) is 7.11 Å². The number of para-hydroxylation sites is 2. The van der Waals surface area contributed by atoms with Crippen molar-refractivity contribution in [1.29, 1.82) is 0 Å². The Bertz CT molecular complexity index is 950. The molecule has 0 spiro atoms. The van der Waals surface area contributed by atoms with Crippen LogP contribution in [0.5, 0.6) is 11.5 Å². The molecule has 150 valence electrons. The Morgan fingerprint density at radius 1 is 1.10 bits per heavy atom. The van der Waals surface area contributed by atoms with Crippen LogP contribution in [0.15, 0.2) is 58.4 Å². The molecule has 2 aliphatic rings. The first-order chi connectivity index (χ1) is 14.2. The quantitative estimate of drug-likeness (QED) is 0.694. The fourth-order valence-corrected chi connectivity index (χ4v) is 4.85. The van der Waals surface area contributed by atoms with Crippen molar-refractivity contribution in [2.24, 2.45) is 4.99 Å². The number of aromatic hydroxyl groups is 1. The van der Waals surface area contributed by atoms with E-state index in [-0.39, 0.29) is 17.7 Å². The van der Waals surface area contributed by atoms with Crippen LogP contribution in [0.2, 0.25) is 0 Å². The number of thioether (sulfide) groups is 1. The Morgan fingerprint density at radius 3 is 2.59 bits per heavy atom. The van der Waals surface area contributed by atoms with E-state index in [0.29, 0.717) is 21.4 Å². The fraction of sp³-hybridized carbons (Fsp3) is 0.304. The van der Waals surface area contributed by atoms with Gasteiger partial charge in [-0.25, -0.2) is 4.99 Å². The van der Waals surface area contributed by atoms with Crippen LogP contribution in [0, 0.1) is 0 Å². The number of amidine groups is 1. The second-order valence-corrected chi connectivity index (χ2v) is 8.21. The van der Waals surface area contributed by atoms with Gasteiger partial charge < -0.3 is 9.84 Å². The second-order valence-electron chi connectivity index (χ2n) is 7.21. The van der Waals surface area contributed by atoms with Gasteiger partial charge in [-0.1, -0.05) is 49.6 Å². The second kappa shape index (κ2) is 8.74. The van der Waals surface area contributed by atoms with Gasteiger partial charge in [-0.15, -0.1) is 0 Å². The predicted molar refractivity (Wildman–Crippen MR) is 117 cm³/mol. The van der Waals surface area contributed by atoms with E-state index in [1.165, 1.54) is 25.3 Å². The molecule has 0 atom stereocenters. The third-order valence-corrected chi connectivity index (χ3v) is 6.28. The molecule has 0 radical (unpaired) electrons. The summed E-state index contributed by atoms with van der Waals surface area (Å²) in [6, 6.07) is 15.1. The SMILES string of the molecule is COc1cccc(/C=C2\SC(=Nc3ccccc3)N(C3CCCCC3)C2=O)c1O. The van der Waals surface area contributed by atoms with Crippen LogP contribution in [0.1, 0.15) is 37.7 Å². The summed E-state index contributed by atoms with van der Waals surface area (Å²) in [7, 11) is 1.51. The first-order valence-electron chi connectivity index (χ1n) is 9.90. The third kappa shape index (κ3) is 4.17. The lowest BCUT2D eigenvalue weighted by Gasteiger charge is -2.30. The van der Waals surface area contributed by atoms with E-state index in [1.54, 1.807) is 24.3 Å². The molecular weight excluding hydrogens is 384 g/mol. The van der Waals surface area contributed by atoms with E-state index in [2.05, 4.69) is 0 Å². The lowest BCUT2D eigenvalue weighted by atomic mass is 9.94. The van der Waals surface area contributed by atoms with Gasteiger partial charge in [-0.2, -0.15) is 0 Å². The standard InChI is InChI=1S/C23H24N2O3S/c1-28-19-14-8-9-16(21(19)26)15-20-22(27)25(18-12-6-3-7-13-18)23(29-20)24-17-10-4-2-5-11-17/h2,4-5,8-11,14-15,18,26H,3,6-7,12-13H2,1H3/b20-15-,24-23?. The zero-order valence-electron chi connectivity index (χ0n) is 16.4. The van der Waals surface area contributed by atoms with Gasteiger partial charge in [0.1, 0.15) is 0 Å². The highest BCUT2D eigenvalue weighted by Gasteiger charge is 2.38. The van der Waals surface area contributed by atoms with Crippen LogP contribution < -0.4 is 4.74 Å². The Balaban J connectivity index is 1.72. The molecule has 2 fully saturated rings. The molecule has 0 unspecified atom stereocenters. The number of rotatable bonds is 4. The van der Waals surface area contributed by atoms with Gasteiger partial charge in [0.15, 0.2) is 16.7 Å². The number of amides is 1. The molecule has 2 aromatic rings. The van der Waals surface area contributed by atoms with Crippen molar-refractivity contribution < 1.29 is 14.6 Å². The zero-order chi connectivity index (χ0) is 20.2. The van der Waals surface area contributed by atoms with E-state index in [1.807, 2.05) is 35.2 Å². The normalized spacial score (nSPS) is 20.6. The number of benzene rings is 2. The van der Waals surface area contributed by atoms with E-state index >= 15 is 0 Å². The number of carbonyl (C=O) groups excluding carboxylic acids is 1. The molecular formula is C23H24N2O3S. The van der Waals surface area contributed by atoms with Crippen LogP contribution in [0.25, 0.3) is 6.08 Å². The molecule has 1 N–H and O–H groups in total. The third-order valence-electron chi connectivity index (χ3n) is 5.29. The molecule has 0 aromatic heterocycles. The highest BCUT2D eigenvalue weighted by atomic mass is 32.2. The molecule has 2 aromatic carbocycles. The summed E-state index contributed by atoms with van der Waals surface area (Å²) in [6.45, 7) is 0. The van der Waals surface area contributed by atoms with E-state index in [9.17, 15) is 9.90 Å². The summed E-state index contributed by atoms with van der Waals surface area (Å²) in [4.78, 5) is 20.5. The zero-order valence-corrected chi connectivity index (χ0v) is 17.2. The number of carbonyl (C=O) groups is 1. The number of methoxy groups -OCH3 is 1. The first kappa shape index (κ1) is 19.6. The summed E-state index contributed by atoms with van der Waals surface area (Å²) in [5.41, 5.74) is 1.39. The number of hydrogen-bond donors (Lipinski definition) is 1. The molecule has 1 saturated carbocycles. The minimum Gasteiger partial charge on any atom is -0.504 e. The smallest absolute Gasteiger partial charge is 0.267 e. The molecule has 1 heterocycles. The molecule has 5 nitrogen and oxygen atoms in total. The molecule has 1 amide bonds. The maximum Gasteiger partial charge on any atom is 0.267 e. The van der Waals surface area contributed by atoms with Gasteiger partial charge in [-0.05, 0) is 48.9 Å². The number of ether oxygens (including phenoxy) is 1. The summed E-state index contributed by atoms with van der Waals surface area (Å²) < 4.78 is 5.19. The molecule has 1 saturated heterocycles. The average Bonchev–Trinajstić information content (AvgIpc) is 3.05. The maximum atomic E-state index is 13.3. The van der Waals surface area contributed by atoms with Crippen molar-refractivity contribution in [2.45, 2.75) is 38.1 Å². The number of nitrogens with zero attached hydrogens (tertiary/aromatic N) is 2. The Labute approximate surface area is 175 Å². The summed E-state index contributed by atoms with van der Waals surface area (Å²) in [5, 5.41) is 11.1. The summed E-state index contributed by atoms with van der Waals surface area (Å²) >= 11 is 1.37. The van der Waals surface area contributed by atoms with E-state index in [4.69, 9.17) is 9.73 Å². The Hall–Kier alpha value is -2.73. The van der Waals surface area contributed by atoms with Crippen LogP contribution in [-0.4, -0.2) is 34.2 Å². The summed E-state index contributed by atoms with van der Waals surface area (Å²) in [5.74, 6) is 0.379. The van der Waals surface area contributed by atoms with Crippen molar-refractivity contribution in [3.63, 3.8) is 0 Å². The monoisotopic (exact) mass is 408 g/mol. The van der Waals surface area contributed by atoms with Crippen LogP contribution in [0.4, 0.5) is 5.69 Å². The van der Waals surface area contributed by atoms with Gasteiger partial charge in [-0.3, -0.25) is 9.69 Å². The molecule has 4 rings (SSSR count). The first-order valence-corrected chi connectivity index (χ1v) is 10.7. The largest absolute Gasteiger partial charge is 0.504 e. The van der Waals surface area contributed by atoms with Crippen molar-refractivity contribution in [3.8, 4) is 11.5 Å². The average molecular weight is 409 g/mol. The Kier molecular flexibility index (Phi) is 5.90. The lowest BCUT2D eigenvalue weighted by molar-refractivity contribution is -0.124. The van der Waals surface area contributed by atoms with E-state index in [0.717, 1.165) is 31.4 Å². The molecule has 1 aliphatic heterocycles. The van der Waals surface area contributed by atoms with Crippen LogP contribution in [0.3, 0.4) is 0 Å². The highest BCUT2D eigenvalue weighted by molar-refractivity contribution is 8.18. The predicted octanol–water partition coefficient (Wildman–Crippen LogP) is 5.34. The van der Waals surface area contributed by atoms with E-state index < -0.39 is 0 Å². The molecule has 0 bridgehead atoms. The minimum absolute atomic E-state index is 0.0357. The fourth-order valence-electron chi connectivity index (χ4n) is 3.80. The Morgan fingerprint density at radius 2 is 1.86 bits per heavy atom. The van der Waals surface area contributed by atoms with Crippen molar-refractivity contribution in [3.05, 3.63) is 59.0 Å². The number of phenols is 1. The number of aliphatic imine (C=N–C) groups is 1. The maximum absolute atomic E-state index is 13.3.